The lowest BCUT2D eigenvalue weighted by atomic mass is 10.1. The summed E-state index contributed by atoms with van der Waals surface area (Å²) in [6.45, 7) is 6.57. The molecule has 0 aromatic heterocycles. The summed E-state index contributed by atoms with van der Waals surface area (Å²) in [6, 6.07) is 6.37. The van der Waals surface area contributed by atoms with Crippen molar-refractivity contribution >= 4 is 23.6 Å². The van der Waals surface area contributed by atoms with E-state index in [0.29, 0.717) is 18.8 Å². The molecule has 0 saturated carbocycles. The van der Waals surface area contributed by atoms with Crippen LogP contribution in [-0.4, -0.2) is 30.7 Å². The molecule has 4 nitrogen and oxygen atoms in total. The Bertz CT molecular complexity index is 475. The summed E-state index contributed by atoms with van der Waals surface area (Å²) in [6.07, 6.45) is 0. The van der Waals surface area contributed by atoms with Gasteiger partial charge in [0.2, 0.25) is 11.8 Å². The first-order valence-corrected chi connectivity index (χ1v) is 7.79. The van der Waals surface area contributed by atoms with Crippen molar-refractivity contribution < 1.29 is 9.59 Å². The van der Waals surface area contributed by atoms with Crippen LogP contribution in [0.15, 0.2) is 18.2 Å². The minimum Gasteiger partial charge on any atom is -0.355 e. The monoisotopic (exact) mass is 294 g/mol. The van der Waals surface area contributed by atoms with Crippen molar-refractivity contribution in [1.29, 1.82) is 0 Å². The number of thioether (sulfide) groups is 1. The van der Waals surface area contributed by atoms with Crippen LogP contribution in [0, 0.1) is 13.8 Å². The van der Waals surface area contributed by atoms with Crippen LogP contribution in [0.3, 0.4) is 0 Å². The van der Waals surface area contributed by atoms with E-state index in [1.807, 2.05) is 0 Å². The van der Waals surface area contributed by atoms with Crippen LogP contribution in [0.1, 0.15) is 23.6 Å². The molecule has 0 heterocycles. The van der Waals surface area contributed by atoms with Gasteiger partial charge in [-0.3, -0.25) is 9.59 Å². The van der Waals surface area contributed by atoms with Gasteiger partial charge in [0.05, 0.1) is 5.75 Å². The predicted octanol–water partition coefficient (Wildman–Crippen LogP) is 1.79. The fourth-order valence-electron chi connectivity index (χ4n) is 1.70. The van der Waals surface area contributed by atoms with Crippen molar-refractivity contribution in [2.45, 2.75) is 26.5 Å². The minimum atomic E-state index is -0.0800. The zero-order valence-electron chi connectivity index (χ0n) is 12.3. The van der Waals surface area contributed by atoms with Gasteiger partial charge in [-0.25, -0.2) is 0 Å². The molecule has 1 aromatic rings. The predicted molar refractivity (Wildman–Crippen MR) is 83.8 cm³/mol. The Morgan fingerprint density at radius 1 is 1.15 bits per heavy atom. The van der Waals surface area contributed by atoms with E-state index < -0.39 is 0 Å². The Morgan fingerprint density at radius 2 is 1.85 bits per heavy atom. The SMILES string of the molecule is CC(=O)NCCNC(=O)CSCc1cc(C)ccc1C. The normalized spacial score (nSPS) is 10.2. The summed E-state index contributed by atoms with van der Waals surface area (Å²) < 4.78 is 0. The molecule has 0 aliphatic carbocycles. The van der Waals surface area contributed by atoms with Crippen LogP contribution in [0.25, 0.3) is 0 Å². The van der Waals surface area contributed by atoms with Crippen LogP contribution in [0.4, 0.5) is 0 Å². The van der Waals surface area contributed by atoms with Crippen LogP contribution >= 0.6 is 11.8 Å². The number of carbonyl (C=O) groups excluding carboxylic acids is 2. The van der Waals surface area contributed by atoms with Crippen molar-refractivity contribution in [2.24, 2.45) is 0 Å². The molecule has 0 saturated heterocycles. The molecule has 0 fully saturated rings. The number of amides is 2. The third-order valence-corrected chi connectivity index (χ3v) is 3.80. The number of hydrogen-bond acceptors (Lipinski definition) is 3. The summed E-state index contributed by atoms with van der Waals surface area (Å²) in [5.41, 5.74) is 3.78. The van der Waals surface area contributed by atoms with E-state index in [1.54, 1.807) is 11.8 Å². The molecule has 0 bridgehead atoms. The van der Waals surface area contributed by atoms with Gasteiger partial charge in [-0.05, 0) is 25.0 Å². The van der Waals surface area contributed by atoms with E-state index in [0.717, 1.165) is 5.75 Å². The third kappa shape index (κ3) is 6.61. The molecule has 20 heavy (non-hydrogen) atoms. The van der Waals surface area contributed by atoms with E-state index in [2.05, 4.69) is 42.7 Å². The molecule has 110 valence electrons. The number of aryl methyl sites for hydroxylation is 2. The van der Waals surface area contributed by atoms with Crippen LogP contribution in [-0.2, 0) is 15.3 Å². The smallest absolute Gasteiger partial charge is 0.230 e. The largest absolute Gasteiger partial charge is 0.355 e. The van der Waals surface area contributed by atoms with Crippen molar-refractivity contribution in [3.63, 3.8) is 0 Å². The van der Waals surface area contributed by atoms with Gasteiger partial charge in [0.15, 0.2) is 0 Å². The molecular formula is C15H22N2O2S. The first-order chi connectivity index (χ1) is 9.49. The fraction of sp³-hybridized carbons (Fsp3) is 0.467. The standard InChI is InChI=1S/C15H22N2O2S/c1-11-4-5-12(2)14(8-11)9-20-10-15(19)17-7-6-16-13(3)18/h4-5,8H,6-7,9-10H2,1-3H3,(H,16,18)(H,17,19). The van der Waals surface area contributed by atoms with Crippen molar-refractivity contribution in [3.05, 3.63) is 34.9 Å². The summed E-state index contributed by atoms with van der Waals surface area (Å²) in [5, 5.41) is 5.41. The molecule has 0 aliphatic rings. The lowest BCUT2D eigenvalue weighted by Crippen LogP contribution is -2.34. The second-order valence-corrected chi connectivity index (χ2v) is 5.74. The zero-order valence-corrected chi connectivity index (χ0v) is 13.1. The Labute approximate surface area is 124 Å². The minimum absolute atomic E-state index is 0.00524. The lowest BCUT2D eigenvalue weighted by molar-refractivity contribution is -0.120. The Morgan fingerprint density at radius 3 is 2.55 bits per heavy atom. The summed E-state index contributed by atoms with van der Waals surface area (Å²) >= 11 is 1.60. The Kier molecular flexibility index (Phi) is 7.15. The average molecular weight is 294 g/mol. The van der Waals surface area contributed by atoms with Crippen LogP contribution in [0.2, 0.25) is 0 Å². The van der Waals surface area contributed by atoms with Gasteiger partial charge in [0.25, 0.3) is 0 Å². The molecule has 0 aliphatic heterocycles. The Hall–Kier alpha value is -1.49. The maximum atomic E-state index is 11.6. The number of hydrogen-bond donors (Lipinski definition) is 2. The average Bonchev–Trinajstić information content (AvgIpc) is 2.38. The van der Waals surface area contributed by atoms with Crippen molar-refractivity contribution in [1.82, 2.24) is 10.6 Å². The van der Waals surface area contributed by atoms with E-state index in [4.69, 9.17) is 0 Å². The molecular weight excluding hydrogens is 272 g/mol. The molecule has 1 aromatic carbocycles. The summed E-state index contributed by atoms with van der Waals surface area (Å²) in [7, 11) is 0. The van der Waals surface area contributed by atoms with Gasteiger partial charge in [-0.1, -0.05) is 23.8 Å². The highest BCUT2D eigenvalue weighted by molar-refractivity contribution is 7.99. The molecule has 0 spiro atoms. The highest BCUT2D eigenvalue weighted by Gasteiger charge is 2.03. The second-order valence-electron chi connectivity index (χ2n) is 4.76. The molecule has 0 unspecified atom stereocenters. The quantitative estimate of drug-likeness (QED) is 0.754. The fourth-order valence-corrected chi connectivity index (χ4v) is 2.62. The maximum Gasteiger partial charge on any atom is 0.230 e. The number of benzene rings is 1. The van der Waals surface area contributed by atoms with Gasteiger partial charge in [0.1, 0.15) is 0 Å². The van der Waals surface area contributed by atoms with Crippen LogP contribution in [0.5, 0.6) is 0 Å². The number of carbonyl (C=O) groups is 2. The Balaban J connectivity index is 2.21. The van der Waals surface area contributed by atoms with Gasteiger partial charge in [-0.2, -0.15) is 0 Å². The van der Waals surface area contributed by atoms with E-state index in [1.165, 1.54) is 23.6 Å². The van der Waals surface area contributed by atoms with Crippen LogP contribution < -0.4 is 10.6 Å². The zero-order chi connectivity index (χ0) is 15.0. The second kappa shape index (κ2) is 8.64. The first-order valence-electron chi connectivity index (χ1n) is 6.64. The highest BCUT2D eigenvalue weighted by atomic mass is 32.2. The van der Waals surface area contributed by atoms with Gasteiger partial charge in [-0.15, -0.1) is 11.8 Å². The summed E-state index contributed by atoms with van der Waals surface area (Å²) in [4.78, 5) is 22.2. The van der Waals surface area contributed by atoms with Gasteiger partial charge >= 0.3 is 0 Å². The molecule has 2 amide bonds. The van der Waals surface area contributed by atoms with Gasteiger partial charge in [0, 0.05) is 25.8 Å². The van der Waals surface area contributed by atoms with E-state index >= 15 is 0 Å². The number of nitrogens with one attached hydrogen (secondary N) is 2. The number of rotatable bonds is 7. The van der Waals surface area contributed by atoms with E-state index in [9.17, 15) is 9.59 Å². The van der Waals surface area contributed by atoms with E-state index in [-0.39, 0.29) is 11.8 Å². The third-order valence-electron chi connectivity index (χ3n) is 2.82. The topological polar surface area (TPSA) is 58.2 Å². The molecule has 5 heteroatoms. The maximum absolute atomic E-state index is 11.6. The highest BCUT2D eigenvalue weighted by Crippen LogP contribution is 2.17. The molecule has 0 radical (unpaired) electrons. The summed E-state index contributed by atoms with van der Waals surface area (Å²) in [5.74, 6) is 1.20. The molecule has 2 N–H and O–H groups in total. The molecule has 0 atom stereocenters. The lowest BCUT2D eigenvalue weighted by Gasteiger charge is -2.08. The van der Waals surface area contributed by atoms with Crippen molar-refractivity contribution in [3.8, 4) is 0 Å². The first kappa shape index (κ1) is 16.6. The van der Waals surface area contributed by atoms with Crippen molar-refractivity contribution in [2.75, 3.05) is 18.8 Å². The molecule has 1 rings (SSSR count). The van der Waals surface area contributed by atoms with Gasteiger partial charge < -0.3 is 10.6 Å².